The van der Waals surface area contributed by atoms with Crippen LogP contribution in [0.25, 0.3) is 16.9 Å². The summed E-state index contributed by atoms with van der Waals surface area (Å²) in [5.41, 5.74) is 1.01. The number of imidazole rings is 1. The van der Waals surface area contributed by atoms with Gasteiger partial charge in [-0.1, -0.05) is 6.92 Å². The summed E-state index contributed by atoms with van der Waals surface area (Å²) in [6.45, 7) is 3.94. The summed E-state index contributed by atoms with van der Waals surface area (Å²) in [6, 6.07) is 6.06. The molecule has 0 aromatic carbocycles. The number of aromatic amines is 1. The van der Waals surface area contributed by atoms with Gasteiger partial charge in [0.05, 0.1) is 11.9 Å². The number of rotatable bonds is 3. The number of piperidine rings is 1. The van der Waals surface area contributed by atoms with E-state index in [-0.39, 0.29) is 11.3 Å². The van der Waals surface area contributed by atoms with Gasteiger partial charge in [0, 0.05) is 24.7 Å². The summed E-state index contributed by atoms with van der Waals surface area (Å²) in [5, 5.41) is 3.97. The molecule has 3 aromatic rings. The van der Waals surface area contributed by atoms with Gasteiger partial charge in [-0.3, -0.25) is 4.79 Å². The lowest BCUT2D eigenvalue weighted by Gasteiger charge is -2.32. The zero-order valence-electron chi connectivity index (χ0n) is 14.3. The van der Waals surface area contributed by atoms with Crippen LogP contribution in [0.3, 0.4) is 0 Å². The molecule has 136 valence electrons. The molecular weight excluding hydrogens is 340 g/mol. The van der Waals surface area contributed by atoms with E-state index in [1.807, 2.05) is 6.07 Å². The Labute approximate surface area is 148 Å². The first-order valence-electron chi connectivity index (χ1n) is 8.64. The van der Waals surface area contributed by atoms with Gasteiger partial charge in [-0.25, -0.2) is 18.3 Å². The number of nitrogens with zero attached hydrogens (tertiary/aromatic N) is 4. The van der Waals surface area contributed by atoms with Gasteiger partial charge in [-0.2, -0.15) is 5.10 Å². The Hall–Kier alpha value is -2.77. The van der Waals surface area contributed by atoms with Gasteiger partial charge in [-0.15, -0.1) is 0 Å². The molecule has 0 saturated carbocycles. The van der Waals surface area contributed by atoms with Crippen LogP contribution < -0.4 is 10.5 Å². The van der Waals surface area contributed by atoms with Crippen molar-refractivity contribution in [3.63, 3.8) is 0 Å². The molecule has 1 aliphatic heterocycles. The van der Waals surface area contributed by atoms with E-state index >= 15 is 0 Å². The second-order valence-corrected chi connectivity index (χ2v) is 6.78. The minimum Gasteiger partial charge on any atom is -0.358 e. The number of fused-ring (bicyclic) bond motifs is 1. The lowest BCUT2D eigenvalue weighted by Crippen LogP contribution is -2.35. The van der Waals surface area contributed by atoms with Crippen molar-refractivity contribution in [1.29, 1.82) is 0 Å². The topological polar surface area (TPSA) is 66.3 Å². The van der Waals surface area contributed by atoms with Gasteiger partial charge in [0.15, 0.2) is 5.65 Å². The van der Waals surface area contributed by atoms with Crippen molar-refractivity contribution >= 4 is 11.5 Å². The molecule has 1 atom stereocenters. The van der Waals surface area contributed by atoms with E-state index in [9.17, 15) is 13.6 Å². The van der Waals surface area contributed by atoms with Crippen LogP contribution in [0.5, 0.6) is 0 Å². The normalized spacial score (nSPS) is 18.0. The molecule has 0 aliphatic carbocycles. The van der Waals surface area contributed by atoms with Crippen molar-refractivity contribution in [3.05, 3.63) is 46.5 Å². The van der Waals surface area contributed by atoms with E-state index in [0.29, 0.717) is 22.8 Å². The lowest BCUT2D eigenvalue weighted by molar-refractivity contribution is 0.144. The fraction of sp³-hybridized carbons (Fsp3) is 0.389. The number of aromatic nitrogens is 4. The van der Waals surface area contributed by atoms with Crippen LogP contribution in [-0.2, 0) is 0 Å². The number of hydrogen-bond donors (Lipinski definition) is 1. The average Bonchev–Trinajstić information content (AvgIpc) is 3.04. The maximum absolute atomic E-state index is 13.0. The Bertz CT molecular complexity index is 997. The molecule has 6 nitrogen and oxygen atoms in total. The number of halogens is 2. The quantitative estimate of drug-likeness (QED) is 0.780. The number of alkyl halides is 2. The first-order chi connectivity index (χ1) is 12.5. The molecule has 8 heteroatoms. The molecular formula is C18H19F2N5O. The van der Waals surface area contributed by atoms with Crippen LogP contribution >= 0.6 is 0 Å². The summed E-state index contributed by atoms with van der Waals surface area (Å²) in [7, 11) is 0. The van der Waals surface area contributed by atoms with Gasteiger partial charge in [0.25, 0.3) is 6.43 Å². The lowest BCUT2D eigenvalue weighted by atomic mass is 10.0. The second kappa shape index (κ2) is 6.51. The fourth-order valence-electron chi connectivity index (χ4n) is 3.46. The minimum atomic E-state index is -2.67. The van der Waals surface area contributed by atoms with E-state index in [1.165, 1.54) is 29.1 Å². The van der Waals surface area contributed by atoms with E-state index < -0.39 is 6.43 Å². The summed E-state index contributed by atoms with van der Waals surface area (Å²) in [5.74, 6) is 1.29. The maximum atomic E-state index is 13.0. The van der Waals surface area contributed by atoms with Crippen molar-refractivity contribution in [2.45, 2.75) is 26.2 Å². The largest absolute Gasteiger partial charge is 0.358 e. The van der Waals surface area contributed by atoms with Crippen LogP contribution in [-0.4, -0.2) is 32.7 Å². The highest BCUT2D eigenvalue weighted by atomic mass is 19.3. The first-order valence-corrected chi connectivity index (χ1v) is 8.64. The van der Waals surface area contributed by atoms with E-state index in [4.69, 9.17) is 0 Å². The Morgan fingerprint density at radius 3 is 2.92 bits per heavy atom. The van der Waals surface area contributed by atoms with E-state index in [1.54, 1.807) is 6.20 Å². The number of anilines is 1. The summed E-state index contributed by atoms with van der Waals surface area (Å²) in [4.78, 5) is 21.4. The van der Waals surface area contributed by atoms with Gasteiger partial charge >= 0.3 is 0 Å². The smallest absolute Gasteiger partial charge is 0.282 e. The number of nitrogens with one attached hydrogen (secondary N) is 1. The van der Waals surface area contributed by atoms with Crippen LogP contribution in [0.15, 0.2) is 35.3 Å². The Kier molecular flexibility index (Phi) is 4.18. The summed E-state index contributed by atoms with van der Waals surface area (Å²) in [6.07, 6.45) is 1.13. The third-order valence-electron chi connectivity index (χ3n) is 4.73. The fourth-order valence-corrected chi connectivity index (χ4v) is 3.46. The minimum absolute atomic E-state index is 0.240. The molecule has 0 spiro atoms. The monoisotopic (exact) mass is 359 g/mol. The Morgan fingerprint density at radius 1 is 1.31 bits per heavy atom. The molecule has 1 aliphatic rings. The highest BCUT2D eigenvalue weighted by Crippen LogP contribution is 2.26. The van der Waals surface area contributed by atoms with Gasteiger partial charge in [-0.05, 0) is 37.0 Å². The Balaban J connectivity index is 1.79. The number of pyridine rings is 1. The van der Waals surface area contributed by atoms with E-state index in [0.717, 1.165) is 25.3 Å². The summed E-state index contributed by atoms with van der Waals surface area (Å²) < 4.78 is 27.3. The van der Waals surface area contributed by atoms with Crippen molar-refractivity contribution in [3.8, 4) is 11.3 Å². The SMILES string of the molecule is C[C@H]1CCCN(c2cc(-c3cnc4ccc(C(F)F)nn34)cc(=O)[nH]2)C1. The maximum Gasteiger partial charge on any atom is 0.282 e. The highest BCUT2D eigenvalue weighted by Gasteiger charge is 2.19. The molecule has 3 aromatic heterocycles. The molecule has 1 saturated heterocycles. The number of hydrogen-bond acceptors (Lipinski definition) is 4. The summed E-state index contributed by atoms with van der Waals surface area (Å²) >= 11 is 0. The van der Waals surface area contributed by atoms with Gasteiger partial charge < -0.3 is 9.88 Å². The molecule has 26 heavy (non-hydrogen) atoms. The van der Waals surface area contributed by atoms with Gasteiger partial charge in [0.2, 0.25) is 5.56 Å². The molecule has 4 heterocycles. The zero-order chi connectivity index (χ0) is 18.3. The number of H-pyrrole nitrogens is 1. The van der Waals surface area contributed by atoms with Crippen LogP contribution in [0.4, 0.5) is 14.6 Å². The Morgan fingerprint density at radius 2 is 2.15 bits per heavy atom. The molecule has 1 N–H and O–H groups in total. The third-order valence-corrected chi connectivity index (χ3v) is 4.73. The molecule has 1 fully saturated rings. The molecule has 0 amide bonds. The van der Waals surface area contributed by atoms with Gasteiger partial charge in [0.1, 0.15) is 11.5 Å². The second-order valence-electron chi connectivity index (χ2n) is 6.78. The predicted octanol–water partition coefficient (Wildman–Crippen LogP) is 3.26. The van der Waals surface area contributed by atoms with Crippen molar-refractivity contribution < 1.29 is 8.78 Å². The van der Waals surface area contributed by atoms with Crippen molar-refractivity contribution in [2.75, 3.05) is 18.0 Å². The standard InChI is InChI=1S/C18H19F2N5O/c1-11-3-2-6-24(10-11)16-7-12(8-17(26)22-16)14-9-21-15-5-4-13(18(19)20)23-25(14)15/h4-5,7-9,11,18H,2-3,6,10H2,1H3,(H,22,26)/t11-/m0/s1. The predicted molar refractivity (Wildman–Crippen MR) is 94.6 cm³/mol. The molecule has 4 rings (SSSR count). The average molecular weight is 359 g/mol. The van der Waals surface area contributed by atoms with Crippen LogP contribution in [0, 0.1) is 5.92 Å². The highest BCUT2D eigenvalue weighted by molar-refractivity contribution is 5.66. The van der Waals surface area contributed by atoms with E-state index in [2.05, 4.69) is 26.9 Å². The molecule has 0 unspecified atom stereocenters. The van der Waals surface area contributed by atoms with Crippen LogP contribution in [0.2, 0.25) is 0 Å². The van der Waals surface area contributed by atoms with Crippen molar-refractivity contribution in [2.24, 2.45) is 5.92 Å². The molecule has 0 radical (unpaired) electrons. The third kappa shape index (κ3) is 3.07. The molecule has 0 bridgehead atoms. The first kappa shape index (κ1) is 16.7. The zero-order valence-corrected chi connectivity index (χ0v) is 14.3. The van der Waals surface area contributed by atoms with Crippen LogP contribution in [0.1, 0.15) is 31.9 Å². The van der Waals surface area contributed by atoms with Crippen molar-refractivity contribution in [1.82, 2.24) is 19.6 Å².